The van der Waals surface area contributed by atoms with Crippen molar-refractivity contribution in [1.82, 2.24) is 15.1 Å². The van der Waals surface area contributed by atoms with E-state index in [1.165, 1.54) is 31.4 Å². The molecule has 1 aromatic heterocycles. The van der Waals surface area contributed by atoms with Crippen molar-refractivity contribution in [3.8, 4) is 0 Å². The number of carbonyl (C=O) groups is 1. The molecule has 0 radical (unpaired) electrons. The number of nitrogens with zero attached hydrogens (tertiary/aromatic N) is 2. The summed E-state index contributed by atoms with van der Waals surface area (Å²) in [6.07, 6.45) is 5.72. The molecule has 1 saturated carbocycles. The lowest BCUT2D eigenvalue weighted by Gasteiger charge is -2.22. The monoisotopic (exact) mass is 344 g/mol. The summed E-state index contributed by atoms with van der Waals surface area (Å²) in [5.41, 5.74) is 3.37. The van der Waals surface area contributed by atoms with E-state index in [1.54, 1.807) is 12.1 Å². The Kier molecular flexibility index (Phi) is 5.36. The molecule has 0 saturated heterocycles. The predicted molar refractivity (Wildman–Crippen MR) is 96.2 cm³/mol. The van der Waals surface area contributed by atoms with Crippen LogP contribution in [0.25, 0.3) is 0 Å². The molecular formula is C19H25FN4O. The maximum absolute atomic E-state index is 13.0. The first kappa shape index (κ1) is 17.5. The lowest BCUT2D eigenvalue weighted by molar-refractivity contribution is 0.244. The summed E-state index contributed by atoms with van der Waals surface area (Å²) in [5, 5.41) is 10.5. The van der Waals surface area contributed by atoms with E-state index in [-0.39, 0.29) is 17.9 Å². The molecule has 25 heavy (non-hydrogen) atoms. The van der Waals surface area contributed by atoms with Crippen LogP contribution in [0.1, 0.15) is 49.1 Å². The van der Waals surface area contributed by atoms with E-state index in [4.69, 9.17) is 0 Å². The molecule has 3 rings (SSSR count). The first-order valence-corrected chi connectivity index (χ1v) is 8.89. The number of carbonyl (C=O) groups excluding carboxylic acids is 1. The number of anilines is 1. The molecule has 2 amide bonds. The fraction of sp³-hybridized carbons (Fsp3) is 0.474. The lowest BCUT2D eigenvalue weighted by atomic mass is 9.96. The normalized spacial score (nSPS) is 15.2. The van der Waals surface area contributed by atoms with Gasteiger partial charge in [-0.15, -0.1) is 0 Å². The maximum atomic E-state index is 13.0. The molecule has 0 unspecified atom stereocenters. The molecule has 6 heteroatoms. The number of benzene rings is 1. The van der Waals surface area contributed by atoms with Crippen molar-refractivity contribution in [2.24, 2.45) is 0 Å². The zero-order valence-electron chi connectivity index (χ0n) is 14.8. The number of aromatic nitrogens is 2. The summed E-state index contributed by atoms with van der Waals surface area (Å²) in [4.78, 5) is 12.3. The summed E-state index contributed by atoms with van der Waals surface area (Å²) in [7, 11) is 0. The fourth-order valence-electron chi connectivity index (χ4n) is 3.38. The van der Waals surface area contributed by atoms with E-state index in [1.807, 2.05) is 18.5 Å². The van der Waals surface area contributed by atoms with Crippen LogP contribution >= 0.6 is 0 Å². The highest BCUT2D eigenvalue weighted by atomic mass is 19.1. The average molecular weight is 344 g/mol. The molecule has 1 aromatic carbocycles. The van der Waals surface area contributed by atoms with Gasteiger partial charge in [0.05, 0.1) is 23.6 Å². The highest BCUT2D eigenvalue weighted by Crippen LogP contribution is 2.21. The quantitative estimate of drug-likeness (QED) is 0.876. The van der Waals surface area contributed by atoms with Gasteiger partial charge in [-0.3, -0.25) is 4.68 Å². The van der Waals surface area contributed by atoms with Crippen molar-refractivity contribution < 1.29 is 9.18 Å². The molecule has 0 spiro atoms. The molecular weight excluding hydrogens is 319 g/mol. The van der Waals surface area contributed by atoms with Crippen molar-refractivity contribution in [2.45, 2.75) is 58.5 Å². The second-order valence-electron chi connectivity index (χ2n) is 6.76. The van der Waals surface area contributed by atoms with Gasteiger partial charge in [0.25, 0.3) is 0 Å². The van der Waals surface area contributed by atoms with Crippen molar-refractivity contribution in [1.29, 1.82) is 0 Å². The topological polar surface area (TPSA) is 59.0 Å². The van der Waals surface area contributed by atoms with Gasteiger partial charge in [0.1, 0.15) is 5.82 Å². The van der Waals surface area contributed by atoms with Crippen molar-refractivity contribution in [3.63, 3.8) is 0 Å². The Balaban J connectivity index is 1.66. The van der Waals surface area contributed by atoms with Gasteiger partial charge in [0.2, 0.25) is 0 Å². The summed E-state index contributed by atoms with van der Waals surface area (Å²) in [6, 6.07) is 6.47. The second-order valence-corrected chi connectivity index (χ2v) is 6.76. The predicted octanol–water partition coefficient (Wildman–Crippen LogP) is 4.14. The summed E-state index contributed by atoms with van der Waals surface area (Å²) in [5.74, 6) is -0.251. The van der Waals surface area contributed by atoms with Crippen LogP contribution in [0.3, 0.4) is 0 Å². The van der Waals surface area contributed by atoms with E-state index in [0.29, 0.717) is 6.54 Å². The Morgan fingerprint density at radius 1 is 1.20 bits per heavy atom. The fourth-order valence-corrected chi connectivity index (χ4v) is 3.38. The third-order valence-corrected chi connectivity index (χ3v) is 4.81. The van der Waals surface area contributed by atoms with Gasteiger partial charge in [-0.2, -0.15) is 5.10 Å². The van der Waals surface area contributed by atoms with Crippen LogP contribution in [0.15, 0.2) is 24.3 Å². The highest BCUT2D eigenvalue weighted by Gasteiger charge is 2.18. The molecule has 134 valence electrons. The van der Waals surface area contributed by atoms with Crippen LogP contribution in [-0.4, -0.2) is 21.9 Å². The Bertz CT molecular complexity index is 733. The molecule has 1 aliphatic rings. The van der Waals surface area contributed by atoms with Gasteiger partial charge in [-0.05, 0) is 44.4 Å². The minimum atomic E-state index is -0.251. The van der Waals surface area contributed by atoms with Crippen molar-refractivity contribution >= 4 is 11.7 Å². The van der Waals surface area contributed by atoms with Crippen molar-refractivity contribution in [2.75, 3.05) is 5.32 Å². The molecule has 1 heterocycles. The van der Waals surface area contributed by atoms with Gasteiger partial charge in [-0.25, -0.2) is 9.18 Å². The molecule has 1 fully saturated rings. The van der Waals surface area contributed by atoms with Gasteiger partial charge >= 0.3 is 6.03 Å². The van der Waals surface area contributed by atoms with Crippen molar-refractivity contribution in [3.05, 3.63) is 47.0 Å². The number of hydrogen-bond donors (Lipinski definition) is 2. The number of rotatable bonds is 4. The number of halogens is 1. The SMILES string of the molecule is Cc1nn(Cc2ccc(F)cc2)c(C)c1NC(=O)NC1CCCCC1. The third kappa shape index (κ3) is 4.38. The second kappa shape index (κ2) is 7.68. The van der Waals surface area contributed by atoms with Gasteiger partial charge < -0.3 is 10.6 Å². The minimum Gasteiger partial charge on any atom is -0.335 e. The smallest absolute Gasteiger partial charge is 0.319 e. The lowest BCUT2D eigenvalue weighted by Crippen LogP contribution is -2.39. The number of aryl methyl sites for hydroxylation is 1. The van der Waals surface area contributed by atoms with Crippen LogP contribution in [0.2, 0.25) is 0 Å². The number of amides is 2. The summed E-state index contributed by atoms with van der Waals surface area (Å²) < 4.78 is 14.9. The van der Waals surface area contributed by atoms with E-state index < -0.39 is 0 Å². The maximum Gasteiger partial charge on any atom is 0.319 e. The van der Waals surface area contributed by atoms with Crippen LogP contribution in [0, 0.1) is 19.7 Å². The van der Waals surface area contributed by atoms with Crippen LogP contribution in [-0.2, 0) is 6.54 Å². The first-order chi connectivity index (χ1) is 12.0. The van der Waals surface area contributed by atoms with E-state index in [9.17, 15) is 9.18 Å². The highest BCUT2D eigenvalue weighted by molar-refractivity contribution is 5.90. The molecule has 2 aromatic rings. The van der Waals surface area contributed by atoms with Gasteiger partial charge in [-0.1, -0.05) is 31.4 Å². The molecule has 0 bridgehead atoms. The Morgan fingerprint density at radius 3 is 2.56 bits per heavy atom. The number of hydrogen-bond acceptors (Lipinski definition) is 2. The van der Waals surface area contributed by atoms with Gasteiger partial charge in [0, 0.05) is 6.04 Å². The number of urea groups is 1. The Labute approximate surface area is 147 Å². The standard InChI is InChI=1S/C19H25FN4O/c1-13-18(22-19(25)21-17-6-4-3-5-7-17)14(2)24(23-13)12-15-8-10-16(20)11-9-15/h8-11,17H,3-7,12H2,1-2H3,(H2,21,22,25). The zero-order valence-corrected chi connectivity index (χ0v) is 14.8. The van der Waals surface area contributed by atoms with Crippen LogP contribution < -0.4 is 10.6 Å². The van der Waals surface area contributed by atoms with Gasteiger partial charge in [0.15, 0.2) is 0 Å². The molecule has 5 nitrogen and oxygen atoms in total. The van der Waals surface area contributed by atoms with E-state index in [0.717, 1.165) is 35.5 Å². The minimum absolute atomic E-state index is 0.167. The van der Waals surface area contributed by atoms with E-state index in [2.05, 4.69) is 15.7 Å². The third-order valence-electron chi connectivity index (χ3n) is 4.81. The molecule has 2 N–H and O–H groups in total. The Morgan fingerprint density at radius 2 is 1.88 bits per heavy atom. The molecule has 1 aliphatic carbocycles. The Hall–Kier alpha value is -2.37. The number of nitrogens with one attached hydrogen (secondary N) is 2. The largest absolute Gasteiger partial charge is 0.335 e. The average Bonchev–Trinajstić information content (AvgIpc) is 2.85. The molecule has 0 atom stereocenters. The van der Waals surface area contributed by atoms with Crippen LogP contribution in [0.4, 0.5) is 14.9 Å². The zero-order chi connectivity index (χ0) is 17.8. The summed E-state index contributed by atoms with van der Waals surface area (Å²) in [6.45, 7) is 4.35. The van der Waals surface area contributed by atoms with E-state index >= 15 is 0 Å². The first-order valence-electron chi connectivity index (χ1n) is 8.89. The molecule has 0 aliphatic heterocycles. The summed E-state index contributed by atoms with van der Waals surface area (Å²) >= 11 is 0. The van der Waals surface area contributed by atoms with Crippen LogP contribution in [0.5, 0.6) is 0 Å².